The summed E-state index contributed by atoms with van der Waals surface area (Å²) in [6.07, 6.45) is 0.473. The molecule has 0 aromatic carbocycles. The Morgan fingerprint density at radius 3 is 1.80 bits per heavy atom. The van der Waals surface area contributed by atoms with Crippen LogP contribution in [0, 0.1) is 0 Å². The summed E-state index contributed by atoms with van der Waals surface area (Å²) in [5, 5.41) is 0. The second-order valence-corrected chi connectivity index (χ2v) is 11.2. The van der Waals surface area contributed by atoms with Crippen molar-refractivity contribution in [2.45, 2.75) is 13.3 Å². The first-order valence-electron chi connectivity index (χ1n) is 3.44. The Balaban J connectivity index is 4.03. The molecule has 0 bridgehead atoms. The van der Waals surface area contributed by atoms with Crippen LogP contribution >= 0.6 is 6.83 Å². The van der Waals surface area contributed by atoms with Crippen LogP contribution in [-0.2, 0) is 9.32 Å². The molecule has 0 heterocycles. The van der Waals surface area contributed by atoms with E-state index < -0.39 is 6.83 Å². The molecule has 0 radical (unpaired) electrons. The number of carbonyl (C=O) groups is 1. The normalized spacial score (nSPS) is 15.5. The quantitative estimate of drug-likeness (QED) is 0.583. The first-order valence-corrected chi connectivity index (χ1v) is 7.38. The van der Waals surface area contributed by atoms with Crippen molar-refractivity contribution in [2.24, 2.45) is 0 Å². The molecule has 0 spiro atoms. The van der Waals surface area contributed by atoms with Gasteiger partial charge in [0.2, 0.25) is 0 Å². The predicted molar refractivity (Wildman–Crippen MR) is 47.0 cm³/mol. The Hall–Kier alpha value is -0.100. The van der Waals surface area contributed by atoms with E-state index in [1.807, 2.05) is 33.6 Å². The minimum atomic E-state index is -2.04. The van der Waals surface area contributed by atoms with E-state index in [0.29, 0.717) is 6.42 Å². The van der Waals surface area contributed by atoms with Crippen LogP contribution in [0.25, 0.3) is 0 Å². The number of carbonyl (C=O) groups excluding carboxylic acids is 1. The van der Waals surface area contributed by atoms with Crippen molar-refractivity contribution in [1.29, 1.82) is 0 Å². The van der Waals surface area contributed by atoms with Crippen molar-refractivity contribution in [3.8, 4) is 0 Å². The SMILES string of the molecule is CCC(=O)OP(C)(C)(C)C. The van der Waals surface area contributed by atoms with Crippen LogP contribution in [-0.4, -0.2) is 32.6 Å². The standard InChI is InChI=1S/C7H17O2P/c1-6-7(8)9-10(2,3,4)5/h6H2,1-5H3. The van der Waals surface area contributed by atoms with Gasteiger partial charge in [-0.2, -0.15) is 0 Å². The third kappa shape index (κ3) is 6.03. The second kappa shape index (κ2) is 2.50. The molecule has 0 aromatic heterocycles. The van der Waals surface area contributed by atoms with Gasteiger partial charge in [0.25, 0.3) is 0 Å². The van der Waals surface area contributed by atoms with E-state index in [-0.39, 0.29) is 5.97 Å². The summed E-state index contributed by atoms with van der Waals surface area (Å²) in [6.45, 7) is 7.82. The number of hydrogen-bond acceptors (Lipinski definition) is 2. The van der Waals surface area contributed by atoms with Gasteiger partial charge in [0.1, 0.15) is 0 Å². The molecule has 0 aliphatic carbocycles. The fraction of sp³-hybridized carbons (Fsp3) is 0.857. The van der Waals surface area contributed by atoms with E-state index in [1.54, 1.807) is 0 Å². The third-order valence-corrected chi connectivity index (χ3v) is 1.69. The van der Waals surface area contributed by atoms with Gasteiger partial charge >= 0.3 is 62.1 Å². The first kappa shape index (κ1) is 9.90. The Bertz CT molecular complexity index is 134. The van der Waals surface area contributed by atoms with Gasteiger partial charge in [-0.05, 0) is 0 Å². The van der Waals surface area contributed by atoms with Gasteiger partial charge in [-0.25, -0.2) is 0 Å². The molecule has 10 heavy (non-hydrogen) atoms. The summed E-state index contributed by atoms with van der Waals surface area (Å²) in [4.78, 5) is 10.8. The monoisotopic (exact) mass is 164 g/mol. The average molecular weight is 164 g/mol. The molecule has 0 aliphatic rings. The zero-order valence-corrected chi connectivity index (χ0v) is 8.37. The molecule has 0 aliphatic heterocycles. The van der Waals surface area contributed by atoms with Crippen molar-refractivity contribution in [1.82, 2.24) is 0 Å². The zero-order chi connectivity index (χ0) is 8.44. The van der Waals surface area contributed by atoms with Crippen molar-refractivity contribution in [3.63, 3.8) is 0 Å². The Labute approximate surface area is 63.0 Å². The van der Waals surface area contributed by atoms with Gasteiger partial charge in [-0.3, -0.25) is 0 Å². The van der Waals surface area contributed by atoms with Crippen molar-refractivity contribution >= 4 is 12.8 Å². The molecule has 0 fully saturated rings. The van der Waals surface area contributed by atoms with Gasteiger partial charge in [0.05, 0.1) is 0 Å². The Morgan fingerprint density at radius 2 is 1.70 bits per heavy atom. The topological polar surface area (TPSA) is 26.3 Å². The summed E-state index contributed by atoms with van der Waals surface area (Å²) in [6, 6.07) is 0. The van der Waals surface area contributed by atoms with Gasteiger partial charge in [0.15, 0.2) is 0 Å². The third-order valence-electron chi connectivity index (χ3n) is 0.756. The molecule has 0 atom stereocenters. The van der Waals surface area contributed by atoms with E-state index >= 15 is 0 Å². The molecule has 2 nitrogen and oxygen atoms in total. The molecular weight excluding hydrogens is 147 g/mol. The Morgan fingerprint density at radius 1 is 1.30 bits per heavy atom. The van der Waals surface area contributed by atoms with Crippen LogP contribution in [0.4, 0.5) is 0 Å². The maximum atomic E-state index is 10.8. The summed E-state index contributed by atoms with van der Waals surface area (Å²) in [7, 11) is 0. The fourth-order valence-electron chi connectivity index (χ4n) is 0.472. The van der Waals surface area contributed by atoms with Crippen LogP contribution in [0.3, 0.4) is 0 Å². The van der Waals surface area contributed by atoms with E-state index in [0.717, 1.165) is 0 Å². The summed E-state index contributed by atoms with van der Waals surface area (Å²) < 4.78 is 5.27. The molecular formula is C7H17O2P. The van der Waals surface area contributed by atoms with Crippen LogP contribution in [0.5, 0.6) is 0 Å². The number of hydrogen-bond donors (Lipinski definition) is 0. The number of rotatable bonds is 2. The van der Waals surface area contributed by atoms with Crippen LogP contribution in [0.15, 0.2) is 0 Å². The molecule has 0 N–H and O–H groups in total. The molecule has 0 rings (SSSR count). The van der Waals surface area contributed by atoms with Gasteiger partial charge in [0, 0.05) is 0 Å². The van der Waals surface area contributed by atoms with Crippen molar-refractivity contribution in [2.75, 3.05) is 26.7 Å². The summed E-state index contributed by atoms with van der Waals surface area (Å²) in [5.74, 6) is -0.0901. The fourth-order valence-corrected chi connectivity index (χ4v) is 1.42. The first-order chi connectivity index (χ1) is 4.21. The van der Waals surface area contributed by atoms with Gasteiger partial charge in [-0.1, -0.05) is 0 Å². The predicted octanol–water partition coefficient (Wildman–Crippen LogP) is 1.93. The minimum absolute atomic E-state index is 0.0901. The van der Waals surface area contributed by atoms with Crippen molar-refractivity contribution in [3.05, 3.63) is 0 Å². The van der Waals surface area contributed by atoms with Crippen LogP contribution < -0.4 is 0 Å². The summed E-state index contributed by atoms with van der Waals surface area (Å²) >= 11 is 0. The van der Waals surface area contributed by atoms with Crippen molar-refractivity contribution < 1.29 is 9.32 Å². The molecule has 0 saturated carbocycles. The molecule has 3 heteroatoms. The van der Waals surface area contributed by atoms with E-state index in [9.17, 15) is 4.79 Å². The second-order valence-electron chi connectivity index (χ2n) is 4.23. The molecule has 62 valence electrons. The molecule has 0 aromatic rings. The van der Waals surface area contributed by atoms with Gasteiger partial charge in [-0.15, -0.1) is 0 Å². The molecule has 0 amide bonds. The average Bonchev–Trinajstić information content (AvgIpc) is 1.59. The van der Waals surface area contributed by atoms with E-state index in [4.69, 9.17) is 4.52 Å². The van der Waals surface area contributed by atoms with E-state index in [2.05, 4.69) is 0 Å². The van der Waals surface area contributed by atoms with Crippen LogP contribution in [0.2, 0.25) is 0 Å². The molecule has 0 saturated heterocycles. The molecule has 0 unspecified atom stereocenters. The van der Waals surface area contributed by atoms with Crippen LogP contribution in [0.1, 0.15) is 13.3 Å². The van der Waals surface area contributed by atoms with E-state index in [1.165, 1.54) is 0 Å². The maximum absolute atomic E-state index is 10.8. The summed E-state index contributed by atoms with van der Waals surface area (Å²) in [5.41, 5.74) is 0. The van der Waals surface area contributed by atoms with Gasteiger partial charge < -0.3 is 0 Å². The zero-order valence-electron chi connectivity index (χ0n) is 7.47. The Kier molecular flexibility index (Phi) is 2.48.